The summed E-state index contributed by atoms with van der Waals surface area (Å²) in [6.07, 6.45) is 3.32. The Hall–Kier alpha value is -3.44. The predicted molar refractivity (Wildman–Crippen MR) is 132 cm³/mol. The lowest BCUT2D eigenvalue weighted by Crippen LogP contribution is -2.33. The van der Waals surface area contributed by atoms with Gasteiger partial charge in [0.15, 0.2) is 9.84 Å². The van der Waals surface area contributed by atoms with Crippen LogP contribution >= 0.6 is 11.6 Å². The average molecular weight is 530 g/mol. The van der Waals surface area contributed by atoms with Crippen molar-refractivity contribution >= 4 is 44.5 Å². The second-order valence-electron chi connectivity index (χ2n) is 9.05. The molecule has 2 amide bonds. The zero-order chi connectivity index (χ0) is 25.4. The molecule has 0 spiro atoms. The van der Waals surface area contributed by atoms with Crippen LogP contribution in [0.4, 0.5) is 4.79 Å². The number of halogens is 1. The minimum absolute atomic E-state index is 0.0554. The fraction of sp³-hybridized carbons (Fsp3) is 0.333. The summed E-state index contributed by atoms with van der Waals surface area (Å²) in [5.41, 5.74) is 3.55. The van der Waals surface area contributed by atoms with Crippen molar-refractivity contribution in [3.8, 4) is 0 Å². The molecule has 0 bridgehead atoms. The molecule has 1 aromatic heterocycles. The van der Waals surface area contributed by atoms with Gasteiger partial charge < -0.3 is 14.5 Å². The number of hydrogen-bond acceptors (Lipinski definition) is 7. The molecule has 10 nitrogen and oxygen atoms in total. The lowest BCUT2D eigenvalue weighted by Gasteiger charge is -2.21. The maximum absolute atomic E-state index is 13.1. The third-order valence-electron chi connectivity index (χ3n) is 6.49. The highest BCUT2D eigenvalue weighted by molar-refractivity contribution is 7.90. The van der Waals surface area contributed by atoms with E-state index in [2.05, 4.69) is 15.4 Å². The highest BCUT2D eigenvalue weighted by Gasteiger charge is 2.33. The number of hydrogen-bond donors (Lipinski definition) is 1. The van der Waals surface area contributed by atoms with Gasteiger partial charge in [-0.1, -0.05) is 17.7 Å². The van der Waals surface area contributed by atoms with E-state index in [0.29, 0.717) is 54.8 Å². The number of sulfone groups is 1. The maximum atomic E-state index is 13.1. The van der Waals surface area contributed by atoms with Crippen molar-refractivity contribution in [2.75, 3.05) is 32.4 Å². The summed E-state index contributed by atoms with van der Waals surface area (Å²) >= 11 is 6.03. The standard InChI is InChI=1S/C24H24ClN5O5S/c1-36(33,34)20-9-15(8-19(25)11-20)14-35-24(32)29-6-4-17-12-30(13-18(17)5-7-29)23(31)16-2-3-21-22(10-16)27-28-26-21/h2-4,8-11,18H,5-7,12-14H2,1H3,(H,26,27,28)/t18-/m1/s1. The van der Waals surface area contributed by atoms with Gasteiger partial charge in [0.1, 0.15) is 17.6 Å². The van der Waals surface area contributed by atoms with Crippen molar-refractivity contribution in [2.45, 2.75) is 17.9 Å². The van der Waals surface area contributed by atoms with Gasteiger partial charge in [-0.2, -0.15) is 15.4 Å². The lowest BCUT2D eigenvalue weighted by molar-refractivity contribution is 0.0782. The van der Waals surface area contributed by atoms with Gasteiger partial charge in [0, 0.05) is 48.9 Å². The summed E-state index contributed by atoms with van der Waals surface area (Å²) in [4.78, 5) is 29.3. The van der Waals surface area contributed by atoms with E-state index in [1.807, 2.05) is 11.0 Å². The van der Waals surface area contributed by atoms with E-state index in [1.54, 1.807) is 29.2 Å². The molecule has 0 unspecified atom stereocenters. The summed E-state index contributed by atoms with van der Waals surface area (Å²) in [6.45, 7) is 1.88. The molecule has 1 saturated heterocycles. The number of rotatable bonds is 4. The van der Waals surface area contributed by atoms with E-state index in [-0.39, 0.29) is 28.4 Å². The number of amides is 2. The van der Waals surface area contributed by atoms with Gasteiger partial charge >= 0.3 is 6.09 Å². The van der Waals surface area contributed by atoms with E-state index in [9.17, 15) is 18.0 Å². The van der Waals surface area contributed by atoms with Crippen LogP contribution in [0.1, 0.15) is 22.3 Å². The zero-order valence-electron chi connectivity index (χ0n) is 19.5. The van der Waals surface area contributed by atoms with E-state index in [1.165, 1.54) is 12.1 Å². The smallest absolute Gasteiger partial charge is 0.410 e. The molecule has 3 aromatic rings. The first kappa shape index (κ1) is 24.3. The number of nitrogens with zero attached hydrogens (tertiary/aromatic N) is 4. The Labute approximate surface area is 212 Å². The molecule has 1 atom stereocenters. The van der Waals surface area contributed by atoms with Gasteiger partial charge in [-0.3, -0.25) is 4.79 Å². The Morgan fingerprint density at radius 2 is 1.94 bits per heavy atom. The summed E-state index contributed by atoms with van der Waals surface area (Å²) < 4.78 is 29.1. The van der Waals surface area contributed by atoms with Gasteiger partial charge in [-0.15, -0.1) is 0 Å². The molecule has 2 aliphatic rings. The SMILES string of the molecule is CS(=O)(=O)c1cc(Cl)cc(COC(=O)N2CC=C3CN(C(=O)c4ccc5n[nH]nc5c4)C[C@H]3CC2)c1. The molecule has 2 aliphatic heterocycles. The van der Waals surface area contributed by atoms with Crippen LogP contribution in [0.15, 0.2) is 52.9 Å². The predicted octanol–water partition coefficient (Wildman–Crippen LogP) is 3.06. The van der Waals surface area contributed by atoms with E-state index in [0.717, 1.165) is 11.8 Å². The molecule has 36 heavy (non-hydrogen) atoms. The first-order chi connectivity index (χ1) is 17.2. The Bertz CT molecular complexity index is 1490. The molecule has 0 radical (unpaired) electrons. The Kier molecular flexibility index (Phi) is 6.44. The van der Waals surface area contributed by atoms with Crippen molar-refractivity contribution in [2.24, 2.45) is 5.92 Å². The van der Waals surface area contributed by atoms with Crippen LogP contribution in [-0.4, -0.2) is 78.1 Å². The van der Waals surface area contributed by atoms with Crippen LogP contribution in [0.3, 0.4) is 0 Å². The molecule has 0 aliphatic carbocycles. The van der Waals surface area contributed by atoms with Crippen molar-refractivity contribution in [1.82, 2.24) is 25.2 Å². The molecule has 12 heteroatoms. The van der Waals surface area contributed by atoms with E-state index >= 15 is 0 Å². The summed E-state index contributed by atoms with van der Waals surface area (Å²) in [5, 5.41) is 10.9. The molecule has 1 N–H and O–H groups in total. The fourth-order valence-corrected chi connectivity index (χ4v) is 5.60. The Morgan fingerprint density at radius 1 is 1.14 bits per heavy atom. The van der Waals surface area contributed by atoms with E-state index in [4.69, 9.17) is 16.3 Å². The summed E-state index contributed by atoms with van der Waals surface area (Å²) in [6, 6.07) is 9.66. The van der Waals surface area contributed by atoms with Gasteiger partial charge in [0.2, 0.25) is 0 Å². The second kappa shape index (κ2) is 9.55. The Balaban J connectivity index is 1.20. The number of benzene rings is 2. The van der Waals surface area contributed by atoms with Gasteiger partial charge in [-0.05, 0) is 54.0 Å². The van der Waals surface area contributed by atoms with Crippen molar-refractivity contribution in [3.63, 3.8) is 0 Å². The van der Waals surface area contributed by atoms with Gasteiger partial charge in [-0.25, -0.2) is 13.2 Å². The molecule has 3 heterocycles. The molecule has 2 aromatic carbocycles. The third-order valence-corrected chi connectivity index (χ3v) is 7.80. The summed E-state index contributed by atoms with van der Waals surface area (Å²) in [5.74, 6) is 0.118. The Morgan fingerprint density at radius 3 is 2.75 bits per heavy atom. The second-order valence-corrected chi connectivity index (χ2v) is 11.5. The van der Waals surface area contributed by atoms with Crippen molar-refractivity contribution in [1.29, 1.82) is 0 Å². The number of nitrogens with one attached hydrogen (secondary N) is 1. The molecular formula is C24H24ClN5O5S. The average Bonchev–Trinajstić information content (AvgIpc) is 3.43. The highest BCUT2D eigenvalue weighted by Crippen LogP contribution is 2.30. The number of ether oxygens (including phenoxy) is 1. The number of fused-ring (bicyclic) bond motifs is 2. The third kappa shape index (κ3) is 5.07. The number of aromatic nitrogens is 3. The first-order valence-electron chi connectivity index (χ1n) is 11.4. The van der Waals surface area contributed by atoms with Crippen LogP contribution < -0.4 is 0 Å². The minimum atomic E-state index is -3.43. The van der Waals surface area contributed by atoms with Crippen LogP contribution in [0.2, 0.25) is 5.02 Å². The van der Waals surface area contributed by atoms with Crippen LogP contribution in [0, 0.1) is 5.92 Å². The number of carbonyl (C=O) groups excluding carboxylic acids is 2. The topological polar surface area (TPSA) is 126 Å². The number of aromatic amines is 1. The maximum Gasteiger partial charge on any atom is 0.410 e. The van der Waals surface area contributed by atoms with Gasteiger partial charge in [0.25, 0.3) is 5.91 Å². The van der Waals surface area contributed by atoms with Crippen molar-refractivity contribution in [3.05, 3.63) is 64.2 Å². The van der Waals surface area contributed by atoms with Gasteiger partial charge in [0.05, 0.1) is 4.90 Å². The van der Waals surface area contributed by atoms with E-state index < -0.39 is 15.9 Å². The van der Waals surface area contributed by atoms with Crippen LogP contribution in [0.5, 0.6) is 0 Å². The van der Waals surface area contributed by atoms with Crippen LogP contribution in [-0.2, 0) is 21.2 Å². The monoisotopic (exact) mass is 529 g/mol. The normalized spacial score (nSPS) is 18.1. The fourth-order valence-electron chi connectivity index (χ4n) is 4.57. The molecule has 0 saturated carbocycles. The lowest BCUT2D eigenvalue weighted by atomic mass is 10.00. The molecule has 5 rings (SSSR count). The molecular weight excluding hydrogens is 506 g/mol. The van der Waals surface area contributed by atoms with Crippen molar-refractivity contribution < 1.29 is 22.7 Å². The zero-order valence-corrected chi connectivity index (χ0v) is 21.1. The molecule has 1 fully saturated rings. The summed E-state index contributed by atoms with van der Waals surface area (Å²) in [7, 11) is -3.43. The number of carbonyl (C=O) groups is 2. The van der Waals surface area contributed by atoms with Crippen LogP contribution in [0.25, 0.3) is 11.0 Å². The minimum Gasteiger partial charge on any atom is -0.445 e. The highest BCUT2D eigenvalue weighted by atomic mass is 35.5. The quantitative estimate of drug-likeness (QED) is 0.515. The largest absolute Gasteiger partial charge is 0.445 e. The first-order valence-corrected chi connectivity index (χ1v) is 13.6. The number of H-pyrrole nitrogens is 1. The number of likely N-dealkylation sites (tertiary alicyclic amines) is 1. The molecule has 188 valence electrons.